The first-order valence-electron chi connectivity index (χ1n) is 8.86. The minimum absolute atomic E-state index is 0.107. The zero-order valence-electron chi connectivity index (χ0n) is 14.6. The molecule has 1 aliphatic carbocycles. The van der Waals surface area contributed by atoms with Gasteiger partial charge in [-0.15, -0.1) is 10.9 Å². The van der Waals surface area contributed by atoms with Gasteiger partial charge >= 0.3 is 0 Å². The van der Waals surface area contributed by atoms with E-state index in [1.54, 1.807) is 10.9 Å². The highest BCUT2D eigenvalue weighted by molar-refractivity contribution is 7.97. The molecular weight excluding hydrogens is 334 g/mol. The van der Waals surface area contributed by atoms with Crippen LogP contribution in [-0.2, 0) is 5.41 Å². The Bertz CT molecular complexity index is 1110. The van der Waals surface area contributed by atoms with Crippen molar-refractivity contribution in [2.75, 3.05) is 0 Å². The van der Waals surface area contributed by atoms with Gasteiger partial charge in [0.05, 0.1) is 11.4 Å². The summed E-state index contributed by atoms with van der Waals surface area (Å²) in [5.74, 6) is 0. The van der Waals surface area contributed by atoms with E-state index in [0.717, 1.165) is 0 Å². The predicted octanol–water partition coefficient (Wildman–Crippen LogP) is 5.52. The van der Waals surface area contributed by atoms with Crippen LogP contribution in [0.4, 0.5) is 0 Å². The van der Waals surface area contributed by atoms with Crippen LogP contribution in [0.25, 0.3) is 17.8 Å². The van der Waals surface area contributed by atoms with Gasteiger partial charge in [-0.1, -0.05) is 66.8 Å². The molecule has 126 valence electrons. The number of aromatic nitrogens is 1. The van der Waals surface area contributed by atoms with Gasteiger partial charge in [-0.3, -0.25) is 0 Å². The summed E-state index contributed by atoms with van der Waals surface area (Å²) in [6.45, 7) is 2.28. The molecule has 1 nitrogen and oxygen atoms in total. The Morgan fingerprint density at radius 1 is 0.731 bits per heavy atom. The fourth-order valence-electron chi connectivity index (χ4n) is 3.80. The van der Waals surface area contributed by atoms with E-state index in [-0.39, 0.29) is 5.41 Å². The lowest BCUT2D eigenvalue weighted by Gasteiger charge is -2.22. The van der Waals surface area contributed by atoms with Crippen LogP contribution in [0, 0.1) is 0 Å². The van der Waals surface area contributed by atoms with Gasteiger partial charge in [0.2, 0.25) is 0 Å². The number of rotatable bonds is 2. The number of allylic oxidation sites excluding steroid dienone is 2. The third-order valence-corrected chi connectivity index (χ3v) is 6.01. The largest absolute Gasteiger partial charge is 0.308 e. The van der Waals surface area contributed by atoms with E-state index < -0.39 is 0 Å². The van der Waals surface area contributed by atoms with Crippen molar-refractivity contribution in [3.63, 3.8) is 0 Å². The number of para-hydroxylation sites is 1. The second-order valence-electron chi connectivity index (χ2n) is 6.96. The highest BCUT2D eigenvalue weighted by Gasteiger charge is 2.26. The highest BCUT2D eigenvalue weighted by atomic mass is 32.1. The van der Waals surface area contributed by atoms with Crippen LogP contribution in [0.1, 0.15) is 35.0 Å². The second-order valence-corrected chi connectivity index (χ2v) is 7.70. The molecule has 1 unspecified atom stereocenters. The molecule has 0 saturated heterocycles. The third kappa shape index (κ3) is 2.30. The summed E-state index contributed by atoms with van der Waals surface area (Å²) in [6.07, 6.45) is 9.25. The fraction of sp³-hybridized carbons (Fsp3) is 0.0833. The number of hydrogen-bond donors (Lipinski definition) is 0. The summed E-state index contributed by atoms with van der Waals surface area (Å²) in [4.78, 5) is 0. The van der Waals surface area contributed by atoms with Crippen LogP contribution >= 0.6 is 10.9 Å². The minimum atomic E-state index is -0.107. The molecule has 0 radical (unpaired) electrons. The van der Waals surface area contributed by atoms with Gasteiger partial charge in [-0.2, -0.15) is 0 Å². The Labute approximate surface area is 157 Å². The first kappa shape index (κ1) is 15.4. The molecule has 26 heavy (non-hydrogen) atoms. The maximum atomic E-state index is 2.37. The van der Waals surface area contributed by atoms with Crippen LogP contribution in [0.3, 0.4) is 0 Å². The topological polar surface area (TPSA) is 4.93 Å². The molecule has 0 amide bonds. The molecular formula is C24H19NS. The van der Waals surface area contributed by atoms with Crippen LogP contribution in [0.2, 0.25) is 0 Å². The summed E-state index contributed by atoms with van der Waals surface area (Å²) in [5.41, 5.74) is 7.58. The summed E-state index contributed by atoms with van der Waals surface area (Å²) in [6, 6.07) is 21.3. The van der Waals surface area contributed by atoms with Gasteiger partial charge in [0.15, 0.2) is 0 Å². The van der Waals surface area contributed by atoms with Crippen molar-refractivity contribution in [1.82, 2.24) is 4.57 Å². The number of fused-ring (bicyclic) bond motifs is 3. The van der Waals surface area contributed by atoms with Crippen molar-refractivity contribution in [1.29, 1.82) is 0 Å². The Hall–Kier alpha value is -2.84. The van der Waals surface area contributed by atoms with Gasteiger partial charge in [0.1, 0.15) is 0 Å². The van der Waals surface area contributed by atoms with Crippen molar-refractivity contribution in [2.45, 2.75) is 12.3 Å². The monoisotopic (exact) mass is 353 g/mol. The molecule has 3 aromatic rings. The maximum Gasteiger partial charge on any atom is 0.0648 e. The molecule has 0 bridgehead atoms. The molecule has 2 aromatic carbocycles. The van der Waals surface area contributed by atoms with Gasteiger partial charge in [-0.25, -0.2) is 0 Å². The van der Waals surface area contributed by atoms with Crippen molar-refractivity contribution in [2.24, 2.45) is 0 Å². The van der Waals surface area contributed by atoms with E-state index >= 15 is 0 Å². The lowest BCUT2D eigenvalue weighted by Crippen LogP contribution is -2.14. The Morgan fingerprint density at radius 2 is 1.42 bits per heavy atom. The summed E-state index contributed by atoms with van der Waals surface area (Å²) in [7, 11) is 1.77. The summed E-state index contributed by atoms with van der Waals surface area (Å²) in [5, 5.41) is 4.51. The first-order valence-corrected chi connectivity index (χ1v) is 9.81. The predicted molar refractivity (Wildman–Crippen MR) is 116 cm³/mol. The van der Waals surface area contributed by atoms with Crippen molar-refractivity contribution in [3.8, 4) is 5.69 Å². The quantitative estimate of drug-likeness (QED) is 0.418. The summed E-state index contributed by atoms with van der Waals surface area (Å²) < 4.78 is 2.37. The van der Waals surface area contributed by atoms with E-state index in [2.05, 4.69) is 107 Å². The SMILES string of the molecule is CC1(c2ccccc2)C=Cc2c3c(n(-c4ccccc4)c2C=C1)C=S=C3. The molecule has 5 rings (SSSR count). The number of benzene rings is 2. The minimum Gasteiger partial charge on any atom is -0.308 e. The van der Waals surface area contributed by atoms with Crippen LogP contribution in [-0.4, -0.2) is 15.3 Å². The lowest BCUT2D eigenvalue weighted by molar-refractivity contribution is 0.766. The second kappa shape index (κ2) is 5.86. The zero-order chi connectivity index (χ0) is 17.6. The van der Waals surface area contributed by atoms with Crippen molar-refractivity contribution < 1.29 is 0 Å². The summed E-state index contributed by atoms with van der Waals surface area (Å²) >= 11 is 0. The van der Waals surface area contributed by atoms with E-state index in [1.807, 2.05) is 0 Å². The van der Waals surface area contributed by atoms with Gasteiger partial charge in [-0.05, 0) is 30.7 Å². The van der Waals surface area contributed by atoms with Crippen LogP contribution in [0.5, 0.6) is 0 Å². The van der Waals surface area contributed by atoms with E-state index in [0.29, 0.717) is 0 Å². The van der Waals surface area contributed by atoms with Crippen LogP contribution < -0.4 is 0 Å². The maximum absolute atomic E-state index is 2.37. The lowest BCUT2D eigenvalue weighted by atomic mass is 9.82. The molecule has 1 atom stereocenters. The van der Waals surface area contributed by atoms with Crippen molar-refractivity contribution >= 4 is 33.8 Å². The fourth-order valence-corrected chi connectivity index (χ4v) is 4.61. The van der Waals surface area contributed by atoms with E-state index in [4.69, 9.17) is 0 Å². The standard InChI is InChI=1S/C24H19NS/c1-24(18-8-4-2-5-9-18)14-12-20-21-16-26-17-23(21)25(22(20)13-15-24)19-10-6-3-7-11-19/h2-17H,1H3. The average Bonchev–Trinajstić information content (AvgIpc) is 3.22. The zero-order valence-corrected chi connectivity index (χ0v) is 15.4. The molecule has 0 fully saturated rings. The Kier molecular flexibility index (Phi) is 3.47. The van der Waals surface area contributed by atoms with Gasteiger partial charge in [0.25, 0.3) is 0 Å². The number of hydrogen-bond acceptors (Lipinski definition) is 0. The molecule has 2 heteroatoms. The van der Waals surface area contributed by atoms with Gasteiger partial charge in [0, 0.05) is 33.0 Å². The molecule has 1 aromatic heterocycles. The van der Waals surface area contributed by atoms with Crippen LogP contribution in [0.15, 0.2) is 72.8 Å². The Balaban J connectivity index is 1.72. The number of nitrogens with zero attached hydrogens (tertiary/aromatic N) is 1. The van der Waals surface area contributed by atoms with Gasteiger partial charge < -0.3 is 4.57 Å². The molecule has 2 aliphatic rings. The first-order chi connectivity index (χ1) is 12.8. The molecule has 0 spiro atoms. The molecule has 0 N–H and O–H groups in total. The molecule has 1 aliphatic heterocycles. The van der Waals surface area contributed by atoms with E-state index in [9.17, 15) is 0 Å². The smallest absolute Gasteiger partial charge is 0.0648 e. The normalized spacial score (nSPS) is 19.7. The molecule has 0 saturated carbocycles. The van der Waals surface area contributed by atoms with E-state index in [1.165, 1.54) is 33.8 Å². The average molecular weight is 353 g/mol. The third-order valence-electron chi connectivity index (χ3n) is 5.28. The Morgan fingerprint density at radius 3 is 2.19 bits per heavy atom. The van der Waals surface area contributed by atoms with Crippen molar-refractivity contribution in [3.05, 3.63) is 101 Å². The molecule has 2 heterocycles. The highest BCUT2D eigenvalue weighted by Crippen LogP contribution is 2.36.